The third-order valence-electron chi connectivity index (χ3n) is 5.82. The van der Waals surface area contributed by atoms with E-state index in [0.29, 0.717) is 0 Å². The van der Waals surface area contributed by atoms with Crippen molar-refractivity contribution in [3.05, 3.63) is 0 Å². The Balaban J connectivity index is -0.0000000455. The van der Waals surface area contributed by atoms with Crippen molar-refractivity contribution in [2.75, 3.05) is 0 Å². The van der Waals surface area contributed by atoms with Crippen molar-refractivity contribution in [1.29, 1.82) is 0 Å². The molecule has 0 aliphatic heterocycles. The molecule has 0 aromatic rings. The molecule has 23 heteroatoms. The van der Waals surface area contributed by atoms with Crippen LogP contribution in [0.25, 0.3) is 0 Å². The second kappa shape index (κ2) is 87.3. The van der Waals surface area contributed by atoms with E-state index in [1.807, 2.05) is 0 Å². The quantitative estimate of drug-likeness (QED) is 0.0640. The van der Waals surface area contributed by atoms with Gasteiger partial charge in [0, 0.05) is 60.6 Å². The predicted octanol–water partition coefficient (Wildman–Crippen LogP) is -8.99. The predicted molar refractivity (Wildman–Crippen MR) is 209 cm³/mol. The molecule has 0 atom stereocenters. The Morgan fingerprint density at radius 3 is 0.444 bits per heavy atom. The van der Waals surface area contributed by atoms with Gasteiger partial charge in [0.1, 0.15) is 11.6 Å². The molecule has 0 fully saturated rings. The van der Waals surface area contributed by atoms with Gasteiger partial charge in [-0.3, -0.25) is 0 Å². The minimum atomic E-state index is -1.08. The molecule has 352 valence electrons. The molecular formula is C40H68Ba2K2O18Pd. The van der Waals surface area contributed by atoms with E-state index in [1.165, 1.54) is 51.4 Å². The Hall–Kier alpha value is 2.18. The summed E-state index contributed by atoms with van der Waals surface area (Å²) in [5.41, 5.74) is 0. The molecule has 18 nitrogen and oxygen atoms in total. The van der Waals surface area contributed by atoms with Crippen molar-refractivity contribution in [3.8, 4) is 0 Å². The van der Waals surface area contributed by atoms with Crippen molar-refractivity contribution in [3.63, 3.8) is 0 Å². The van der Waals surface area contributed by atoms with Gasteiger partial charge >= 0.3 is 221 Å². The zero-order chi connectivity index (χ0) is 47.3. The summed E-state index contributed by atoms with van der Waals surface area (Å²) in [6, 6.07) is 0. The van der Waals surface area contributed by atoms with Crippen molar-refractivity contribution >= 4 is 157 Å². The number of hydrogen-bond acceptors (Lipinski definition) is 18. The van der Waals surface area contributed by atoms with Gasteiger partial charge in [-0.1, -0.05) is 89.9 Å². The number of carbonyl (C=O) groups excluding carboxylic acids is 10. The fourth-order valence-electron chi connectivity index (χ4n) is 3.76. The zero-order valence-electron chi connectivity index (χ0n) is 39.6. The van der Waals surface area contributed by atoms with E-state index in [-0.39, 0.29) is 245 Å². The first-order valence-corrected chi connectivity index (χ1v) is 19.1. The average Bonchev–Trinajstić information content (AvgIpc) is 3.00. The van der Waals surface area contributed by atoms with Crippen LogP contribution in [0.2, 0.25) is 0 Å². The molecule has 63 heavy (non-hydrogen) atoms. The van der Waals surface area contributed by atoms with E-state index in [9.17, 15) is 29.4 Å². The SMILES string of the molecule is CC(=O)CCCCCCCCCCCC(=O)[O-].CC(=O)CCCCCCCCCCCC(=O)[O-].CC(=O)[O-].CC(=O)[O-].CC(=O)[O-].CC(=O)[O-].CC(=O)[O-].CC(=O)[O-].[Ba+2].[Ba+2].[K+].[K+].[Pd+2]. The minimum Gasteiger partial charge on any atom is -0.550 e. The standard InChI is InChI=1S/2C14H26O3.6C2H4O2.2Ba.2K.Pd/c2*1-13(15)11-9-7-5-3-2-4-6-8-10-12-14(16)17;6*1-2(3)4;;;;;/h2*2-12H2,1H3,(H,16,17);6*1H3,(H,3,4);;;;;/q;;;;;;;;2*+2;2*+1;+2/p-8. The number of carboxylic acid groups (broad SMARTS) is 8. The maximum Gasteiger partial charge on any atom is 2.00 e. The van der Waals surface area contributed by atoms with Gasteiger partial charge in [0.15, 0.2) is 0 Å². The first-order chi connectivity index (χ1) is 26.6. The van der Waals surface area contributed by atoms with Crippen molar-refractivity contribution in [2.24, 2.45) is 0 Å². The van der Waals surface area contributed by atoms with Crippen LogP contribution in [0.1, 0.15) is 197 Å². The molecule has 0 heterocycles. The molecule has 0 saturated carbocycles. The molecular weight excluding hydrogens is 1230 g/mol. The summed E-state index contributed by atoms with van der Waals surface area (Å²) in [7, 11) is 0. The van der Waals surface area contributed by atoms with E-state index in [4.69, 9.17) is 59.4 Å². The molecule has 0 bridgehead atoms. The van der Waals surface area contributed by atoms with Gasteiger partial charge in [-0.05, 0) is 93.9 Å². The van der Waals surface area contributed by atoms with E-state index in [1.54, 1.807) is 13.8 Å². The summed E-state index contributed by atoms with van der Waals surface area (Å²) >= 11 is 0. The summed E-state index contributed by atoms with van der Waals surface area (Å²) in [6.45, 7) is 9.12. The molecule has 0 aliphatic carbocycles. The van der Waals surface area contributed by atoms with Gasteiger partial charge in [-0.25, -0.2) is 0 Å². The van der Waals surface area contributed by atoms with Crippen LogP contribution in [-0.2, 0) is 68.4 Å². The van der Waals surface area contributed by atoms with Crippen LogP contribution < -0.4 is 144 Å². The summed E-state index contributed by atoms with van der Waals surface area (Å²) in [5.74, 6) is -7.79. The van der Waals surface area contributed by atoms with Crippen LogP contribution in [0.3, 0.4) is 0 Å². The van der Waals surface area contributed by atoms with Crippen LogP contribution in [0, 0.1) is 0 Å². The van der Waals surface area contributed by atoms with E-state index < -0.39 is 47.8 Å². The Bertz CT molecular complexity index is 880. The Labute approximate surface area is 555 Å². The van der Waals surface area contributed by atoms with Crippen LogP contribution >= 0.6 is 0 Å². The van der Waals surface area contributed by atoms with Crippen LogP contribution in [0.5, 0.6) is 0 Å². The molecule has 0 rings (SSSR count). The molecule has 0 aromatic heterocycles. The van der Waals surface area contributed by atoms with E-state index >= 15 is 0 Å². The smallest absolute Gasteiger partial charge is 0.550 e. The molecule has 0 unspecified atom stereocenters. The normalized spacial score (nSPS) is 8.00. The molecule has 0 radical (unpaired) electrons. The minimum absolute atomic E-state index is 0. The average molecular weight is 1300 g/mol. The fraction of sp³-hybridized carbons (Fsp3) is 0.750. The van der Waals surface area contributed by atoms with Gasteiger partial charge in [-0.2, -0.15) is 0 Å². The summed E-state index contributed by atoms with van der Waals surface area (Å²) < 4.78 is 0. The molecule has 0 spiro atoms. The Kier molecular flexibility index (Phi) is 137. The molecule has 0 amide bonds. The van der Waals surface area contributed by atoms with Gasteiger partial charge in [-0.15, -0.1) is 0 Å². The number of rotatable bonds is 24. The van der Waals surface area contributed by atoms with E-state index in [2.05, 4.69) is 0 Å². The number of unbranched alkanes of at least 4 members (excludes halogenated alkanes) is 16. The molecule has 0 aliphatic rings. The monoisotopic (exact) mass is 1300 g/mol. The summed E-state index contributed by atoms with van der Waals surface area (Å²) in [6.07, 6.45) is 21.7. The number of hydrogen-bond donors (Lipinski definition) is 0. The first kappa shape index (κ1) is 98.6. The molecule has 0 saturated heterocycles. The zero-order valence-corrected chi connectivity index (χ0v) is 56.3. The van der Waals surface area contributed by atoms with E-state index in [0.717, 1.165) is 119 Å². The number of ketones is 2. The van der Waals surface area contributed by atoms with Crippen LogP contribution in [-0.4, -0.2) is 157 Å². The molecule has 0 aromatic carbocycles. The van der Waals surface area contributed by atoms with Gasteiger partial charge < -0.3 is 88.8 Å². The van der Waals surface area contributed by atoms with Crippen molar-refractivity contribution in [1.82, 2.24) is 0 Å². The molecule has 0 N–H and O–H groups in total. The first-order valence-electron chi connectivity index (χ1n) is 19.1. The summed E-state index contributed by atoms with van der Waals surface area (Å²) in [4.78, 5) is 95.0. The number of carbonyl (C=O) groups is 10. The van der Waals surface area contributed by atoms with Crippen LogP contribution in [0.4, 0.5) is 0 Å². The number of Topliss-reactive ketones (excluding diaryl/α,β-unsaturated/α-hetero) is 2. The number of aliphatic carboxylic acids is 8. The maximum atomic E-state index is 10.7. The second-order valence-electron chi connectivity index (χ2n) is 12.5. The maximum absolute atomic E-state index is 10.7. The van der Waals surface area contributed by atoms with Gasteiger partial charge in [0.2, 0.25) is 0 Å². The topological polar surface area (TPSA) is 355 Å². The van der Waals surface area contributed by atoms with Crippen molar-refractivity contribution < 1.29 is 212 Å². The third kappa shape index (κ3) is 272. The van der Waals surface area contributed by atoms with Crippen molar-refractivity contribution in [2.45, 2.75) is 197 Å². The second-order valence-corrected chi connectivity index (χ2v) is 12.5. The Morgan fingerprint density at radius 2 is 0.349 bits per heavy atom. The van der Waals surface area contributed by atoms with Crippen LogP contribution in [0.15, 0.2) is 0 Å². The fourth-order valence-corrected chi connectivity index (χ4v) is 3.76. The third-order valence-corrected chi connectivity index (χ3v) is 5.82. The van der Waals surface area contributed by atoms with Gasteiger partial charge in [0.05, 0.1) is 0 Å². The Morgan fingerprint density at radius 1 is 0.254 bits per heavy atom. The summed E-state index contributed by atoms with van der Waals surface area (Å²) in [5, 5.41) is 73.6. The number of carboxylic acids is 8. The largest absolute Gasteiger partial charge is 2.00 e. The van der Waals surface area contributed by atoms with Gasteiger partial charge in [0.25, 0.3) is 0 Å².